The van der Waals surface area contributed by atoms with Crippen LogP contribution in [-0.2, 0) is 10.9 Å². The van der Waals surface area contributed by atoms with Gasteiger partial charge in [-0.1, -0.05) is 0 Å². The molecule has 0 spiro atoms. The van der Waals surface area contributed by atoms with Crippen LogP contribution >= 0.6 is 0 Å². The second-order valence-electron chi connectivity index (χ2n) is 3.69. The highest BCUT2D eigenvalue weighted by atomic mass is 19.4. The normalized spacial score (nSPS) is 11.4. The van der Waals surface area contributed by atoms with Crippen LogP contribution in [0.2, 0.25) is 0 Å². The van der Waals surface area contributed by atoms with Crippen LogP contribution in [0.4, 0.5) is 17.6 Å². The molecule has 0 radical (unpaired) electrons. The summed E-state index contributed by atoms with van der Waals surface area (Å²) in [5.41, 5.74) is -0.254. The summed E-state index contributed by atoms with van der Waals surface area (Å²) < 4.78 is 59.2. The molecule has 0 amide bonds. The second-order valence-corrected chi connectivity index (χ2v) is 3.69. The largest absolute Gasteiger partial charge is 0.468 e. The predicted molar refractivity (Wildman–Crippen MR) is 58.2 cm³/mol. The van der Waals surface area contributed by atoms with E-state index in [0.29, 0.717) is 0 Å². The number of methoxy groups -OCH3 is 1. The topological polar surface area (TPSA) is 52.3 Å². The first-order valence-electron chi connectivity index (χ1n) is 5.25. The Morgan fingerprint density at radius 1 is 1.25 bits per heavy atom. The van der Waals surface area contributed by atoms with Crippen LogP contribution in [0.1, 0.15) is 16.4 Å². The number of oxazole rings is 1. The van der Waals surface area contributed by atoms with E-state index in [9.17, 15) is 22.4 Å². The Bertz CT molecular complexity index is 631. The Kier molecular flexibility index (Phi) is 3.47. The molecule has 1 aromatic carbocycles. The van der Waals surface area contributed by atoms with Gasteiger partial charge in [-0.15, -0.1) is 0 Å². The average molecular weight is 289 g/mol. The number of alkyl halides is 3. The molecule has 0 N–H and O–H groups in total. The number of aromatic nitrogens is 1. The molecule has 20 heavy (non-hydrogen) atoms. The molecule has 0 bridgehead atoms. The molecule has 0 aliphatic heterocycles. The molecule has 1 heterocycles. The highest BCUT2D eigenvalue weighted by Crippen LogP contribution is 2.33. The first-order chi connectivity index (χ1) is 9.32. The Morgan fingerprint density at radius 3 is 2.35 bits per heavy atom. The van der Waals surface area contributed by atoms with Crippen molar-refractivity contribution in [3.8, 4) is 11.3 Å². The molecule has 2 aromatic rings. The SMILES string of the molecule is COC(=O)c1oc(C(F)(F)F)nc1-c1ccc(F)cc1. The fraction of sp³-hybridized carbons (Fsp3) is 0.167. The standard InChI is InChI=1S/C12H7F4NO3/c1-19-10(18)9-8(6-2-4-7(13)5-3-6)17-11(20-9)12(14,15)16/h2-5H,1H3. The molecular formula is C12H7F4NO3. The monoisotopic (exact) mass is 289 g/mol. The van der Waals surface area contributed by atoms with Gasteiger partial charge in [-0.25, -0.2) is 14.2 Å². The smallest absolute Gasteiger partial charge is 0.463 e. The van der Waals surface area contributed by atoms with Gasteiger partial charge in [0.2, 0.25) is 5.76 Å². The fourth-order valence-corrected chi connectivity index (χ4v) is 1.48. The third-order valence-corrected chi connectivity index (χ3v) is 2.36. The summed E-state index contributed by atoms with van der Waals surface area (Å²) in [5.74, 6) is -3.94. The van der Waals surface area contributed by atoms with Crippen molar-refractivity contribution in [1.82, 2.24) is 4.98 Å². The van der Waals surface area contributed by atoms with Crippen molar-refractivity contribution in [1.29, 1.82) is 0 Å². The predicted octanol–water partition coefficient (Wildman–Crippen LogP) is 3.29. The molecular weight excluding hydrogens is 282 g/mol. The van der Waals surface area contributed by atoms with Gasteiger partial charge in [0, 0.05) is 5.56 Å². The first-order valence-corrected chi connectivity index (χ1v) is 5.25. The molecule has 0 saturated heterocycles. The van der Waals surface area contributed by atoms with Crippen LogP contribution in [0.3, 0.4) is 0 Å². The molecule has 2 rings (SSSR count). The minimum atomic E-state index is -4.85. The summed E-state index contributed by atoms with van der Waals surface area (Å²) in [5, 5.41) is 0. The lowest BCUT2D eigenvalue weighted by molar-refractivity contribution is -0.157. The number of hydrogen-bond acceptors (Lipinski definition) is 4. The van der Waals surface area contributed by atoms with Crippen LogP contribution in [0.25, 0.3) is 11.3 Å². The highest BCUT2D eigenvalue weighted by molar-refractivity contribution is 5.93. The Hall–Kier alpha value is -2.38. The molecule has 0 aliphatic carbocycles. The van der Waals surface area contributed by atoms with Crippen LogP contribution < -0.4 is 0 Å². The molecule has 106 valence electrons. The van der Waals surface area contributed by atoms with E-state index in [2.05, 4.69) is 14.1 Å². The number of halogens is 4. The number of benzene rings is 1. The summed E-state index contributed by atoms with van der Waals surface area (Å²) >= 11 is 0. The minimum Gasteiger partial charge on any atom is -0.463 e. The van der Waals surface area contributed by atoms with E-state index in [1.165, 1.54) is 12.1 Å². The van der Waals surface area contributed by atoms with E-state index in [1.807, 2.05) is 0 Å². The van der Waals surface area contributed by atoms with Crippen molar-refractivity contribution in [2.75, 3.05) is 7.11 Å². The van der Waals surface area contributed by atoms with Crippen molar-refractivity contribution < 1.29 is 31.5 Å². The number of carbonyl (C=O) groups excluding carboxylic acids is 1. The van der Waals surface area contributed by atoms with Gasteiger partial charge >= 0.3 is 18.0 Å². The van der Waals surface area contributed by atoms with Crippen molar-refractivity contribution in [2.45, 2.75) is 6.18 Å². The molecule has 0 fully saturated rings. The lowest BCUT2D eigenvalue weighted by Crippen LogP contribution is -2.05. The second kappa shape index (κ2) is 4.95. The van der Waals surface area contributed by atoms with Crippen LogP contribution in [0.15, 0.2) is 28.7 Å². The summed E-state index contributed by atoms with van der Waals surface area (Å²) in [6, 6.07) is 4.41. The number of esters is 1. The van der Waals surface area contributed by atoms with Crippen molar-refractivity contribution in [3.63, 3.8) is 0 Å². The van der Waals surface area contributed by atoms with Crippen molar-refractivity contribution in [2.24, 2.45) is 0 Å². The average Bonchev–Trinajstić information content (AvgIpc) is 2.83. The van der Waals surface area contributed by atoms with Crippen molar-refractivity contribution in [3.05, 3.63) is 41.7 Å². The molecule has 8 heteroatoms. The van der Waals surface area contributed by atoms with Gasteiger partial charge in [0.05, 0.1) is 7.11 Å². The lowest BCUT2D eigenvalue weighted by Gasteiger charge is -1.99. The zero-order valence-electron chi connectivity index (χ0n) is 9.99. The minimum absolute atomic E-state index is 0.103. The zero-order chi connectivity index (χ0) is 14.9. The first kappa shape index (κ1) is 14.0. The maximum atomic E-state index is 12.8. The van der Waals surface area contributed by atoms with Gasteiger partial charge in [0.15, 0.2) is 0 Å². The highest BCUT2D eigenvalue weighted by Gasteiger charge is 2.40. The fourth-order valence-electron chi connectivity index (χ4n) is 1.48. The Balaban J connectivity index is 2.58. The van der Waals surface area contributed by atoms with E-state index >= 15 is 0 Å². The van der Waals surface area contributed by atoms with Gasteiger partial charge in [0.25, 0.3) is 0 Å². The van der Waals surface area contributed by atoms with Crippen LogP contribution in [0.5, 0.6) is 0 Å². The Morgan fingerprint density at radius 2 is 1.85 bits per heavy atom. The number of carbonyl (C=O) groups is 1. The molecule has 0 atom stereocenters. The number of nitrogens with zero attached hydrogens (tertiary/aromatic N) is 1. The van der Waals surface area contributed by atoms with Gasteiger partial charge < -0.3 is 9.15 Å². The number of hydrogen-bond donors (Lipinski definition) is 0. The molecule has 1 aromatic heterocycles. The lowest BCUT2D eigenvalue weighted by atomic mass is 10.1. The van der Waals surface area contributed by atoms with Crippen molar-refractivity contribution >= 4 is 5.97 Å². The van der Waals surface area contributed by atoms with E-state index in [4.69, 9.17) is 0 Å². The summed E-state index contributed by atoms with van der Waals surface area (Å²) in [6.07, 6.45) is -4.85. The third-order valence-electron chi connectivity index (χ3n) is 2.36. The van der Waals surface area contributed by atoms with E-state index < -0.39 is 29.6 Å². The van der Waals surface area contributed by atoms with Crippen LogP contribution in [-0.4, -0.2) is 18.1 Å². The summed E-state index contributed by atoms with van der Waals surface area (Å²) in [7, 11) is 0.993. The van der Waals surface area contributed by atoms with Gasteiger partial charge in [-0.3, -0.25) is 0 Å². The molecule has 0 aliphatic rings. The van der Waals surface area contributed by atoms with Crippen LogP contribution in [0, 0.1) is 5.82 Å². The quantitative estimate of drug-likeness (QED) is 0.629. The molecule has 4 nitrogen and oxygen atoms in total. The summed E-state index contributed by atoms with van der Waals surface area (Å²) in [4.78, 5) is 14.7. The zero-order valence-corrected chi connectivity index (χ0v) is 9.99. The van der Waals surface area contributed by atoms with Gasteiger partial charge in [-0.2, -0.15) is 13.2 Å². The number of rotatable bonds is 2. The molecule has 0 unspecified atom stereocenters. The van der Waals surface area contributed by atoms with E-state index in [1.54, 1.807) is 0 Å². The van der Waals surface area contributed by atoms with E-state index in [0.717, 1.165) is 19.2 Å². The van der Waals surface area contributed by atoms with E-state index in [-0.39, 0.29) is 11.3 Å². The summed E-state index contributed by atoms with van der Waals surface area (Å²) in [6.45, 7) is 0. The Labute approximate surface area is 110 Å². The van der Waals surface area contributed by atoms with Gasteiger partial charge in [-0.05, 0) is 24.3 Å². The third kappa shape index (κ3) is 2.63. The molecule has 0 saturated carbocycles. The maximum Gasteiger partial charge on any atom is 0.468 e. The maximum absolute atomic E-state index is 12.8. The van der Waals surface area contributed by atoms with Gasteiger partial charge in [0.1, 0.15) is 11.5 Å². The number of ether oxygens (including phenoxy) is 1.